The first kappa shape index (κ1) is 21.9. The van der Waals surface area contributed by atoms with Crippen molar-refractivity contribution in [3.8, 4) is 0 Å². The number of nitrogens with one attached hydrogen (secondary N) is 1. The highest BCUT2D eigenvalue weighted by Crippen LogP contribution is 2.23. The summed E-state index contributed by atoms with van der Waals surface area (Å²) in [6.07, 6.45) is 0. The molecule has 0 aliphatic carbocycles. The van der Waals surface area contributed by atoms with Crippen molar-refractivity contribution in [2.45, 2.75) is 32.9 Å². The molecule has 3 rings (SSSR count). The third-order valence-electron chi connectivity index (χ3n) is 5.67. The van der Waals surface area contributed by atoms with Crippen LogP contribution in [0.4, 0.5) is 14.5 Å². The number of ketones is 1. The summed E-state index contributed by atoms with van der Waals surface area (Å²) in [4.78, 5) is 28.1. The van der Waals surface area contributed by atoms with E-state index in [1.165, 1.54) is 25.1 Å². The zero-order valence-electron chi connectivity index (χ0n) is 17.5. The molecule has 0 bridgehead atoms. The normalized spacial score (nSPS) is 16.8. The first-order valence-corrected chi connectivity index (χ1v) is 10.1. The lowest BCUT2D eigenvalue weighted by molar-refractivity contribution is -0.126. The summed E-state index contributed by atoms with van der Waals surface area (Å²) in [5.41, 5.74) is 1.67. The standard InChI is InChI=1S/C23H27F2N3O2/c1-15(18-4-7-20(24)8-5-18)26-23(30)16(2)27-10-12-28(13-11-27)22-9-6-19(17(3)29)14-21(22)25/h4-9,14-16H,10-13H2,1-3H3,(H,26,30). The number of carbonyl (C=O) groups is 2. The second-order valence-corrected chi connectivity index (χ2v) is 7.70. The van der Waals surface area contributed by atoms with Crippen LogP contribution in [-0.4, -0.2) is 48.8 Å². The molecule has 2 aromatic carbocycles. The first-order valence-electron chi connectivity index (χ1n) is 10.1. The van der Waals surface area contributed by atoms with E-state index in [1.807, 2.05) is 18.7 Å². The van der Waals surface area contributed by atoms with Gasteiger partial charge in [0, 0.05) is 31.7 Å². The molecule has 160 valence electrons. The Hall–Kier alpha value is -2.80. The molecule has 2 atom stereocenters. The summed E-state index contributed by atoms with van der Waals surface area (Å²) < 4.78 is 27.5. The minimum Gasteiger partial charge on any atom is -0.367 e. The highest BCUT2D eigenvalue weighted by Gasteiger charge is 2.27. The predicted octanol–water partition coefficient (Wildman–Crippen LogP) is 3.56. The molecule has 0 radical (unpaired) electrons. The van der Waals surface area contributed by atoms with Gasteiger partial charge >= 0.3 is 0 Å². The monoisotopic (exact) mass is 415 g/mol. The Morgan fingerprint density at radius 1 is 0.967 bits per heavy atom. The van der Waals surface area contributed by atoms with Crippen LogP contribution in [0.3, 0.4) is 0 Å². The number of amides is 1. The van der Waals surface area contributed by atoms with Gasteiger partial charge in [-0.2, -0.15) is 0 Å². The van der Waals surface area contributed by atoms with Gasteiger partial charge in [-0.25, -0.2) is 8.78 Å². The number of halogens is 2. The van der Waals surface area contributed by atoms with Gasteiger partial charge in [0.25, 0.3) is 0 Å². The van der Waals surface area contributed by atoms with E-state index in [-0.39, 0.29) is 29.6 Å². The number of hydrogen-bond donors (Lipinski definition) is 1. The number of carbonyl (C=O) groups excluding carboxylic acids is 2. The van der Waals surface area contributed by atoms with E-state index in [1.54, 1.807) is 24.3 Å². The second-order valence-electron chi connectivity index (χ2n) is 7.70. The quantitative estimate of drug-likeness (QED) is 0.733. The Morgan fingerprint density at radius 2 is 1.60 bits per heavy atom. The molecule has 5 nitrogen and oxygen atoms in total. The molecular weight excluding hydrogens is 388 g/mol. The minimum atomic E-state index is -0.407. The Balaban J connectivity index is 1.55. The second kappa shape index (κ2) is 9.34. The number of rotatable bonds is 6. The van der Waals surface area contributed by atoms with E-state index in [9.17, 15) is 18.4 Å². The van der Waals surface area contributed by atoms with Crippen molar-refractivity contribution in [3.63, 3.8) is 0 Å². The Morgan fingerprint density at radius 3 is 2.17 bits per heavy atom. The fourth-order valence-corrected chi connectivity index (χ4v) is 3.67. The summed E-state index contributed by atoms with van der Waals surface area (Å²) >= 11 is 0. The lowest BCUT2D eigenvalue weighted by Crippen LogP contribution is -2.54. The zero-order valence-corrected chi connectivity index (χ0v) is 17.5. The van der Waals surface area contributed by atoms with Gasteiger partial charge in [0.1, 0.15) is 11.6 Å². The molecule has 0 saturated carbocycles. The van der Waals surface area contributed by atoms with E-state index in [2.05, 4.69) is 10.2 Å². The number of benzene rings is 2. The fraction of sp³-hybridized carbons (Fsp3) is 0.391. The lowest BCUT2D eigenvalue weighted by Gasteiger charge is -2.38. The smallest absolute Gasteiger partial charge is 0.237 e. The van der Waals surface area contributed by atoms with Crippen molar-refractivity contribution in [2.75, 3.05) is 31.1 Å². The SMILES string of the molecule is CC(=O)c1ccc(N2CCN(C(C)C(=O)NC(C)c3ccc(F)cc3)CC2)c(F)c1. The van der Waals surface area contributed by atoms with Gasteiger partial charge in [0.2, 0.25) is 5.91 Å². The lowest BCUT2D eigenvalue weighted by atomic mass is 10.1. The summed E-state index contributed by atoms with van der Waals surface area (Å²) in [6, 6.07) is 10.1. The number of piperazine rings is 1. The van der Waals surface area contributed by atoms with E-state index in [0.29, 0.717) is 37.4 Å². The van der Waals surface area contributed by atoms with Gasteiger partial charge in [0.05, 0.1) is 17.8 Å². The van der Waals surface area contributed by atoms with Gasteiger partial charge in [-0.3, -0.25) is 14.5 Å². The highest BCUT2D eigenvalue weighted by molar-refractivity contribution is 5.94. The van der Waals surface area contributed by atoms with Crippen LogP contribution < -0.4 is 10.2 Å². The van der Waals surface area contributed by atoms with Crippen LogP contribution in [0, 0.1) is 11.6 Å². The number of Topliss-reactive ketones (excluding diaryl/α,β-unsaturated/α-hetero) is 1. The molecule has 1 heterocycles. The van der Waals surface area contributed by atoms with Crippen molar-refractivity contribution in [1.82, 2.24) is 10.2 Å². The molecule has 2 aromatic rings. The van der Waals surface area contributed by atoms with Crippen LogP contribution in [0.1, 0.15) is 42.7 Å². The maximum Gasteiger partial charge on any atom is 0.237 e. The van der Waals surface area contributed by atoms with Crippen LogP contribution in [0.2, 0.25) is 0 Å². The zero-order chi connectivity index (χ0) is 21.8. The summed E-state index contributed by atoms with van der Waals surface area (Å²) in [5, 5.41) is 2.97. The van der Waals surface area contributed by atoms with E-state index in [4.69, 9.17) is 0 Å². The van der Waals surface area contributed by atoms with Gasteiger partial charge < -0.3 is 10.2 Å². The van der Waals surface area contributed by atoms with Crippen molar-refractivity contribution < 1.29 is 18.4 Å². The summed E-state index contributed by atoms with van der Waals surface area (Å²) in [5.74, 6) is -0.983. The molecule has 1 fully saturated rings. The average Bonchev–Trinajstić information content (AvgIpc) is 2.73. The number of hydrogen-bond acceptors (Lipinski definition) is 4. The van der Waals surface area contributed by atoms with E-state index in [0.717, 1.165) is 5.56 Å². The van der Waals surface area contributed by atoms with Crippen LogP contribution >= 0.6 is 0 Å². The van der Waals surface area contributed by atoms with E-state index < -0.39 is 5.82 Å². The first-order chi connectivity index (χ1) is 14.3. The van der Waals surface area contributed by atoms with Gasteiger partial charge in [-0.05, 0) is 56.7 Å². The Kier molecular flexibility index (Phi) is 6.82. The molecule has 1 aliphatic heterocycles. The van der Waals surface area contributed by atoms with Gasteiger partial charge in [-0.15, -0.1) is 0 Å². The predicted molar refractivity (Wildman–Crippen MR) is 113 cm³/mol. The fourth-order valence-electron chi connectivity index (χ4n) is 3.67. The average molecular weight is 415 g/mol. The molecule has 1 saturated heterocycles. The Bertz CT molecular complexity index is 909. The topological polar surface area (TPSA) is 52.7 Å². The molecule has 1 N–H and O–H groups in total. The highest BCUT2D eigenvalue weighted by atomic mass is 19.1. The third-order valence-corrected chi connectivity index (χ3v) is 5.67. The molecule has 1 aliphatic rings. The molecule has 1 amide bonds. The van der Waals surface area contributed by atoms with Crippen LogP contribution in [-0.2, 0) is 4.79 Å². The maximum absolute atomic E-state index is 14.4. The molecule has 2 unspecified atom stereocenters. The van der Waals surface area contributed by atoms with E-state index >= 15 is 0 Å². The molecular formula is C23H27F2N3O2. The molecule has 0 spiro atoms. The summed E-state index contributed by atoms with van der Waals surface area (Å²) in [7, 11) is 0. The maximum atomic E-state index is 14.4. The van der Waals surface area contributed by atoms with Crippen LogP contribution in [0.5, 0.6) is 0 Å². The Labute approximate surface area is 175 Å². The molecule has 0 aromatic heterocycles. The van der Waals surface area contributed by atoms with Crippen LogP contribution in [0.15, 0.2) is 42.5 Å². The van der Waals surface area contributed by atoms with Crippen molar-refractivity contribution in [3.05, 3.63) is 65.2 Å². The number of anilines is 1. The van der Waals surface area contributed by atoms with Crippen LogP contribution in [0.25, 0.3) is 0 Å². The third kappa shape index (κ3) is 5.02. The molecule has 30 heavy (non-hydrogen) atoms. The van der Waals surface area contributed by atoms with Gasteiger partial charge in [0.15, 0.2) is 5.78 Å². The molecule has 7 heteroatoms. The number of nitrogens with zero attached hydrogens (tertiary/aromatic N) is 2. The largest absolute Gasteiger partial charge is 0.367 e. The summed E-state index contributed by atoms with van der Waals surface area (Å²) in [6.45, 7) is 7.54. The van der Waals surface area contributed by atoms with Gasteiger partial charge in [-0.1, -0.05) is 12.1 Å². The van der Waals surface area contributed by atoms with Crippen molar-refractivity contribution in [1.29, 1.82) is 0 Å². The minimum absolute atomic E-state index is 0.0998. The van der Waals surface area contributed by atoms with Crippen molar-refractivity contribution in [2.24, 2.45) is 0 Å². The van der Waals surface area contributed by atoms with Crippen molar-refractivity contribution >= 4 is 17.4 Å².